The highest BCUT2D eigenvalue weighted by Gasteiger charge is 2.30. The summed E-state index contributed by atoms with van der Waals surface area (Å²) in [5.41, 5.74) is 2.78. The molecule has 1 aliphatic rings. The summed E-state index contributed by atoms with van der Waals surface area (Å²) < 4.78 is 0. The molecule has 0 bridgehead atoms. The van der Waals surface area contributed by atoms with Gasteiger partial charge < -0.3 is 15.5 Å². The van der Waals surface area contributed by atoms with E-state index in [9.17, 15) is 9.59 Å². The fraction of sp³-hybridized carbons (Fsp3) is 0.300. The van der Waals surface area contributed by atoms with Gasteiger partial charge in [-0.3, -0.25) is 9.59 Å². The fourth-order valence-corrected chi connectivity index (χ4v) is 4.24. The Morgan fingerprint density at radius 3 is 2.65 bits per heavy atom. The van der Waals surface area contributed by atoms with Gasteiger partial charge in [0.05, 0.1) is 18.0 Å². The zero-order valence-corrected chi connectivity index (χ0v) is 15.5. The van der Waals surface area contributed by atoms with Crippen LogP contribution in [0.5, 0.6) is 0 Å². The van der Waals surface area contributed by atoms with Crippen LogP contribution >= 0.6 is 11.3 Å². The van der Waals surface area contributed by atoms with Crippen LogP contribution in [0.25, 0.3) is 0 Å². The molecule has 0 fully saturated rings. The van der Waals surface area contributed by atoms with E-state index in [1.165, 1.54) is 20.9 Å². The minimum Gasteiger partial charge on any atom is -0.344 e. The predicted octanol–water partition coefficient (Wildman–Crippen LogP) is 0.849. The zero-order chi connectivity index (χ0) is 18.4. The first-order valence-electron chi connectivity index (χ1n) is 8.80. The molecule has 6 heteroatoms. The molecule has 1 aromatic carbocycles. The Balaban J connectivity index is 1.68. The van der Waals surface area contributed by atoms with Gasteiger partial charge in [-0.05, 0) is 17.0 Å². The number of hydrogen-bond acceptors (Lipinski definition) is 3. The van der Waals surface area contributed by atoms with E-state index in [0.717, 1.165) is 19.5 Å². The number of hydrogen-bond donors (Lipinski definition) is 3. The Labute approximate surface area is 157 Å². The van der Waals surface area contributed by atoms with Gasteiger partial charge in [-0.1, -0.05) is 36.4 Å². The van der Waals surface area contributed by atoms with Crippen LogP contribution in [0.15, 0.2) is 54.4 Å². The summed E-state index contributed by atoms with van der Waals surface area (Å²) >= 11 is 1.69. The third kappa shape index (κ3) is 4.39. The standard InChI is InChI=1S/C20H23N3O2S/c1-2-10-21-19(24)20(25)22-13-17(18-8-5-12-26-18)23-11-9-15-6-3-4-7-16(15)14-23/h2-8,12,17H,1,9-11,13-14H2,(H,21,24)(H,22,25)/p+1/t17-/m0/s1. The quantitative estimate of drug-likeness (QED) is 0.521. The van der Waals surface area contributed by atoms with Gasteiger partial charge in [0.1, 0.15) is 12.6 Å². The first-order chi connectivity index (χ1) is 12.7. The molecule has 0 radical (unpaired) electrons. The van der Waals surface area contributed by atoms with Gasteiger partial charge in [-0.2, -0.15) is 0 Å². The highest BCUT2D eigenvalue weighted by molar-refractivity contribution is 7.10. The molecule has 2 heterocycles. The van der Waals surface area contributed by atoms with Crippen molar-refractivity contribution < 1.29 is 14.5 Å². The Kier molecular flexibility index (Phi) is 6.20. The van der Waals surface area contributed by atoms with Gasteiger partial charge in [-0.25, -0.2) is 0 Å². The average molecular weight is 370 g/mol. The molecular weight excluding hydrogens is 346 g/mol. The molecule has 136 valence electrons. The van der Waals surface area contributed by atoms with Crippen molar-refractivity contribution in [1.82, 2.24) is 10.6 Å². The topological polar surface area (TPSA) is 62.6 Å². The van der Waals surface area contributed by atoms with E-state index in [0.29, 0.717) is 6.54 Å². The maximum absolute atomic E-state index is 12.0. The van der Waals surface area contributed by atoms with Gasteiger partial charge in [0, 0.05) is 18.5 Å². The third-order valence-corrected chi connectivity index (χ3v) is 5.70. The zero-order valence-electron chi connectivity index (χ0n) is 14.7. The molecule has 0 saturated carbocycles. The number of thiophene rings is 1. The number of rotatable bonds is 6. The van der Waals surface area contributed by atoms with Crippen LogP contribution in [0.1, 0.15) is 22.0 Å². The summed E-state index contributed by atoms with van der Waals surface area (Å²) in [5.74, 6) is -1.21. The van der Waals surface area contributed by atoms with Crippen molar-refractivity contribution in [3.05, 3.63) is 70.4 Å². The number of benzene rings is 1. The number of fused-ring (bicyclic) bond motifs is 1. The van der Waals surface area contributed by atoms with Gasteiger partial charge >= 0.3 is 11.8 Å². The van der Waals surface area contributed by atoms with Crippen LogP contribution in [0.2, 0.25) is 0 Å². The molecule has 2 atom stereocenters. The SMILES string of the molecule is C=CCNC(=O)C(=O)NC[C@@H](c1cccs1)[NH+]1CCc2ccccc2C1. The number of carbonyl (C=O) groups is 2. The van der Waals surface area contributed by atoms with E-state index in [1.54, 1.807) is 17.4 Å². The second-order valence-corrected chi connectivity index (χ2v) is 7.36. The smallest absolute Gasteiger partial charge is 0.309 e. The van der Waals surface area contributed by atoms with Crippen LogP contribution in [-0.4, -0.2) is 31.4 Å². The maximum atomic E-state index is 12.0. The van der Waals surface area contributed by atoms with Crippen LogP contribution in [-0.2, 0) is 22.6 Å². The Hall–Kier alpha value is -2.44. The highest BCUT2D eigenvalue weighted by Crippen LogP contribution is 2.18. The molecule has 5 nitrogen and oxygen atoms in total. The Morgan fingerprint density at radius 1 is 1.15 bits per heavy atom. The van der Waals surface area contributed by atoms with E-state index in [4.69, 9.17) is 0 Å². The largest absolute Gasteiger partial charge is 0.344 e. The van der Waals surface area contributed by atoms with Crippen molar-refractivity contribution in [3.8, 4) is 0 Å². The lowest BCUT2D eigenvalue weighted by Crippen LogP contribution is -3.12. The summed E-state index contributed by atoms with van der Waals surface area (Å²) in [6, 6.07) is 12.8. The molecule has 0 spiro atoms. The van der Waals surface area contributed by atoms with Crippen molar-refractivity contribution in [2.24, 2.45) is 0 Å². The van der Waals surface area contributed by atoms with Crippen molar-refractivity contribution in [3.63, 3.8) is 0 Å². The normalized spacial score (nSPS) is 17.0. The molecule has 1 aliphatic heterocycles. The van der Waals surface area contributed by atoms with E-state index in [2.05, 4.69) is 52.9 Å². The first kappa shape index (κ1) is 18.4. The van der Waals surface area contributed by atoms with Crippen molar-refractivity contribution in [1.29, 1.82) is 0 Å². The summed E-state index contributed by atoms with van der Waals surface area (Å²) in [7, 11) is 0. The second-order valence-electron chi connectivity index (χ2n) is 6.38. The summed E-state index contributed by atoms with van der Waals surface area (Å²) in [6.07, 6.45) is 2.58. The van der Waals surface area contributed by atoms with E-state index in [1.807, 2.05) is 6.07 Å². The molecule has 1 unspecified atom stereocenters. The third-order valence-electron chi connectivity index (χ3n) is 4.71. The van der Waals surface area contributed by atoms with E-state index < -0.39 is 11.8 Å². The summed E-state index contributed by atoms with van der Waals surface area (Å²) in [4.78, 5) is 26.4. The summed E-state index contributed by atoms with van der Waals surface area (Å²) in [5, 5.41) is 7.37. The minimum atomic E-state index is -0.617. The molecule has 0 aliphatic carbocycles. The molecule has 1 aromatic heterocycles. The molecule has 3 rings (SSSR count). The fourth-order valence-electron chi connectivity index (χ4n) is 3.36. The first-order valence-corrected chi connectivity index (χ1v) is 9.68. The molecule has 2 aromatic rings. The van der Waals surface area contributed by atoms with Gasteiger partial charge in [0.15, 0.2) is 0 Å². The monoisotopic (exact) mass is 370 g/mol. The lowest BCUT2D eigenvalue weighted by atomic mass is 9.98. The number of quaternary nitrogens is 1. The lowest BCUT2D eigenvalue weighted by Gasteiger charge is -2.32. The Bertz CT molecular complexity index is 773. The van der Waals surface area contributed by atoms with Crippen LogP contribution in [0, 0.1) is 0 Å². The molecule has 3 N–H and O–H groups in total. The molecule has 26 heavy (non-hydrogen) atoms. The van der Waals surface area contributed by atoms with Gasteiger partial charge in [0.2, 0.25) is 0 Å². The maximum Gasteiger partial charge on any atom is 0.309 e. The summed E-state index contributed by atoms with van der Waals surface area (Å²) in [6.45, 7) is 6.20. The van der Waals surface area contributed by atoms with Crippen LogP contribution in [0.3, 0.4) is 0 Å². The number of carbonyl (C=O) groups excluding carboxylic acids is 2. The molecule has 0 saturated heterocycles. The van der Waals surface area contributed by atoms with Crippen LogP contribution in [0.4, 0.5) is 0 Å². The van der Waals surface area contributed by atoms with Crippen molar-refractivity contribution in [2.45, 2.75) is 19.0 Å². The number of amides is 2. The van der Waals surface area contributed by atoms with Gasteiger partial charge in [0.25, 0.3) is 0 Å². The second kappa shape index (κ2) is 8.78. The number of nitrogens with one attached hydrogen (secondary N) is 3. The predicted molar refractivity (Wildman–Crippen MR) is 103 cm³/mol. The van der Waals surface area contributed by atoms with E-state index in [-0.39, 0.29) is 12.6 Å². The molecular formula is C20H24N3O2S+. The average Bonchev–Trinajstić information content (AvgIpc) is 3.20. The molecule has 2 amide bonds. The van der Waals surface area contributed by atoms with Crippen molar-refractivity contribution >= 4 is 23.2 Å². The van der Waals surface area contributed by atoms with Gasteiger partial charge in [-0.15, -0.1) is 17.9 Å². The lowest BCUT2D eigenvalue weighted by molar-refractivity contribution is -0.945. The van der Waals surface area contributed by atoms with Crippen LogP contribution < -0.4 is 15.5 Å². The highest BCUT2D eigenvalue weighted by atomic mass is 32.1. The van der Waals surface area contributed by atoms with E-state index >= 15 is 0 Å². The minimum absolute atomic E-state index is 0.138. The van der Waals surface area contributed by atoms with Crippen molar-refractivity contribution in [2.75, 3.05) is 19.6 Å². The Morgan fingerprint density at radius 2 is 1.92 bits per heavy atom.